The lowest BCUT2D eigenvalue weighted by molar-refractivity contribution is -0.143. The highest BCUT2D eigenvalue weighted by Crippen LogP contribution is 2.21. The largest absolute Gasteiger partial charge is 0.480 e. The summed E-state index contributed by atoms with van der Waals surface area (Å²) in [7, 11) is 0. The van der Waals surface area contributed by atoms with E-state index in [4.69, 9.17) is 5.11 Å². The van der Waals surface area contributed by atoms with E-state index in [0.717, 1.165) is 10.2 Å². The molecule has 106 valence electrons. The van der Waals surface area contributed by atoms with Crippen LogP contribution >= 0.6 is 11.3 Å². The van der Waals surface area contributed by atoms with Crippen LogP contribution in [0.25, 0.3) is 10.2 Å². The number of anilines is 1. The quantitative estimate of drug-likeness (QED) is 0.808. The second-order valence-electron chi connectivity index (χ2n) is 4.60. The maximum atomic E-state index is 11.9. The van der Waals surface area contributed by atoms with E-state index in [2.05, 4.69) is 15.6 Å². The summed E-state index contributed by atoms with van der Waals surface area (Å²) in [5, 5.41) is 14.2. The maximum Gasteiger partial charge on any atom is 0.329 e. The maximum absolute atomic E-state index is 11.9. The molecule has 1 heterocycles. The molecule has 3 N–H and O–H groups in total. The van der Waals surface area contributed by atoms with E-state index in [1.807, 2.05) is 0 Å². The van der Waals surface area contributed by atoms with Crippen LogP contribution in [0.4, 0.5) is 10.5 Å². The first-order valence-corrected chi connectivity index (χ1v) is 6.98. The average molecular weight is 293 g/mol. The second kappa shape index (κ2) is 5.46. The summed E-state index contributed by atoms with van der Waals surface area (Å²) in [6.45, 7) is 3.18. The number of amides is 2. The molecule has 1 atom stereocenters. The molecule has 2 amide bonds. The Kier molecular flexibility index (Phi) is 3.89. The molecule has 0 bridgehead atoms. The van der Waals surface area contributed by atoms with Crippen molar-refractivity contribution >= 4 is 39.2 Å². The Morgan fingerprint density at radius 2 is 2.20 bits per heavy atom. The van der Waals surface area contributed by atoms with Crippen molar-refractivity contribution in [3.8, 4) is 0 Å². The highest BCUT2D eigenvalue weighted by atomic mass is 32.1. The Balaban J connectivity index is 2.09. The number of carbonyl (C=O) groups excluding carboxylic acids is 1. The number of benzene rings is 1. The third-order valence-corrected chi connectivity index (χ3v) is 3.95. The number of hydrogen-bond donors (Lipinski definition) is 3. The highest BCUT2D eigenvalue weighted by Gasteiger charge is 2.32. The van der Waals surface area contributed by atoms with Crippen molar-refractivity contribution in [3.63, 3.8) is 0 Å². The number of fused-ring (bicyclic) bond motifs is 1. The normalized spacial score (nSPS) is 13.7. The molecule has 2 rings (SSSR count). The minimum Gasteiger partial charge on any atom is -0.480 e. The molecule has 0 saturated heterocycles. The minimum atomic E-state index is -1.28. The van der Waals surface area contributed by atoms with Gasteiger partial charge in [0.05, 0.1) is 15.7 Å². The number of aliphatic carboxylic acids is 1. The van der Waals surface area contributed by atoms with Crippen molar-refractivity contribution in [2.45, 2.75) is 25.8 Å². The Morgan fingerprint density at radius 1 is 1.45 bits per heavy atom. The fraction of sp³-hybridized carbons (Fsp3) is 0.308. The molecule has 1 aromatic heterocycles. The molecule has 0 aliphatic heterocycles. The van der Waals surface area contributed by atoms with E-state index >= 15 is 0 Å². The number of carbonyl (C=O) groups is 2. The summed E-state index contributed by atoms with van der Waals surface area (Å²) >= 11 is 1.47. The zero-order valence-corrected chi connectivity index (χ0v) is 12.0. The third-order valence-electron chi connectivity index (χ3n) is 3.16. The first-order chi connectivity index (χ1) is 9.44. The van der Waals surface area contributed by atoms with Crippen LogP contribution in [0.5, 0.6) is 0 Å². The lowest BCUT2D eigenvalue weighted by Crippen LogP contribution is -2.53. The van der Waals surface area contributed by atoms with Crippen molar-refractivity contribution in [1.82, 2.24) is 10.3 Å². The van der Waals surface area contributed by atoms with E-state index in [9.17, 15) is 9.59 Å². The van der Waals surface area contributed by atoms with Crippen LogP contribution in [0.15, 0.2) is 23.7 Å². The number of thiazole rings is 1. The lowest BCUT2D eigenvalue weighted by Gasteiger charge is -2.24. The van der Waals surface area contributed by atoms with Gasteiger partial charge in [0.1, 0.15) is 5.54 Å². The number of carboxylic acid groups (broad SMARTS) is 1. The van der Waals surface area contributed by atoms with Crippen LogP contribution in [0.3, 0.4) is 0 Å². The number of urea groups is 1. The predicted octanol–water partition coefficient (Wildman–Crippen LogP) is 2.67. The topological polar surface area (TPSA) is 91.3 Å². The average Bonchev–Trinajstić information content (AvgIpc) is 2.85. The first-order valence-electron chi connectivity index (χ1n) is 6.10. The molecule has 0 radical (unpaired) electrons. The monoisotopic (exact) mass is 293 g/mol. The lowest BCUT2D eigenvalue weighted by atomic mass is 10.00. The first kappa shape index (κ1) is 14.3. The molecule has 0 spiro atoms. The smallest absolute Gasteiger partial charge is 0.329 e. The van der Waals surface area contributed by atoms with Crippen molar-refractivity contribution in [2.24, 2.45) is 0 Å². The summed E-state index contributed by atoms with van der Waals surface area (Å²) in [4.78, 5) is 27.1. The van der Waals surface area contributed by atoms with Gasteiger partial charge in [0.25, 0.3) is 0 Å². The molecule has 0 aliphatic carbocycles. The Morgan fingerprint density at radius 3 is 2.85 bits per heavy atom. The number of rotatable bonds is 4. The molecule has 2 aromatic rings. The van der Waals surface area contributed by atoms with Gasteiger partial charge in [0.2, 0.25) is 0 Å². The molecule has 0 aliphatic rings. The Hall–Kier alpha value is -2.15. The van der Waals surface area contributed by atoms with Gasteiger partial charge >= 0.3 is 12.0 Å². The van der Waals surface area contributed by atoms with E-state index in [1.54, 1.807) is 30.6 Å². The number of carboxylic acids is 1. The zero-order chi connectivity index (χ0) is 14.8. The van der Waals surface area contributed by atoms with Crippen molar-refractivity contribution in [1.29, 1.82) is 0 Å². The Bertz CT molecular complexity index is 655. The van der Waals surface area contributed by atoms with Crippen LogP contribution in [-0.4, -0.2) is 27.6 Å². The van der Waals surface area contributed by atoms with Crippen LogP contribution in [0, 0.1) is 0 Å². The molecule has 20 heavy (non-hydrogen) atoms. The standard InChI is InChI=1S/C13H15N3O3S/c1-3-13(2,11(17)18)16-12(19)15-8-4-5-9-10(6-8)20-7-14-9/h4-7H,3H2,1-2H3,(H,17,18)(H2,15,16,19). The number of aromatic nitrogens is 1. The van der Waals surface area contributed by atoms with Gasteiger partial charge in [-0.3, -0.25) is 0 Å². The van der Waals surface area contributed by atoms with Crippen molar-refractivity contribution in [2.75, 3.05) is 5.32 Å². The van der Waals surface area contributed by atoms with Gasteiger partial charge in [-0.25, -0.2) is 14.6 Å². The molecular formula is C13H15N3O3S. The second-order valence-corrected chi connectivity index (χ2v) is 5.49. The van der Waals surface area contributed by atoms with Crippen LogP contribution < -0.4 is 10.6 Å². The van der Waals surface area contributed by atoms with Crippen LogP contribution in [0.1, 0.15) is 20.3 Å². The van der Waals surface area contributed by atoms with Gasteiger partial charge in [0.15, 0.2) is 0 Å². The van der Waals surface area contributed by atoms with Crippen molar-refractivity contribution in [3.05, 3.63) is 23.7 Å². The van der Waals surface area contributed by atoms with Crippen LogP contribution in [0.2, 0.25) is 0 Å². The molecular weight excluding hydrogens is 278 g/mol. The molecule has 6 nitrogen and oxygen atoms in total. The van der Waals surface area contributed by atoms with E-state index in [0.29, 0.717) is 12.1 Å². The van der Waals surface area contributed by atoms with Gasteiger partial charge in [-0.15, -0.1) is 11.3 Å². The van der Waals surface area contributed by atoms with Gasteiger partial charge in [-0.2, -0.15) is 0 Å². The number of nitrogens with one attached hydrogen (secondary N) is 2. The predicted molar refractivity (Wildman–Crippen MR) is 78.1 cm³/mol. The minimum absolute atomic E-state index is 0.295. The van der Waals surface area contributed by atoms with Crippen molar-refractivity contribution < 1.29 is 14.7 Å². The molecule has 7 heteroatoms. The number of nitrogens with zero attached hydrogens (tertiary/aromatic N) is 1. The van der Waals surface area contributed by atoms with Gasteiger partial charge < -0.3 is 15.7 Å². The summed E-state index contributed by atoms with van der Waals surface area (Å²) in [6, 6.07) is 4.79. The van der Waals surface area contributed by atoms with E-state index in [-0.39, 0.29) is 0 Å². The van der Waals surface area contributed by atoms with E-state index < -0.39 is 17.5 Å². The summed E-state index contributed by atoms with van der Waals surface area (Å²) in [6.07, 6.45) is 0.295. The van der Waals surface area contributed by atoms with Gasteiger partial charge in [0, 0.05) is 5.69 Å². The molecule has 0 saturated carbocycles. The van der Waals surface area contributed by atoms with Gasteiger partial charge in [-0.1, -0.05) is 6.92 Å². The van der Waals surface area contributed by atoms with Gasteiger partial charge in [-0.05, 0) is 31.5 Å². The summed E-state index contributed by atoms with van der Waals surface area (Å²) in [5.41, 5.74) is 1.92. The van der Waals surface area contributed by atoms with E-state index in [1.165, 1.54) is 18.3 Å². The Labute approximate surface area is 119 Å². The van der Waals surface area contributed by atoms with Crippen LogP contribution in [-0.2, 0) is 4.79 Å². The number of hydrogen-bond acceptors (Lipinski definition) is 4. The third kappa shape index (κ3) is 2.88. The molecule has 0 fully saturated rings. The highest BCUT2D eigenvalue weighted by molar-refractivity contribution is 7.16. The summed E-state index contributed by atoms with van der Waals surface area (Å²) < 4.78 is 0.958. The summed E-state index contributed by atoms with van der Waals surface area (Å²) in [5.74, 6) is -1.06. The molecule has 1 aromatic carbocycles. The zero-order valence-electron chi connectivity index (χ0n) is 11.1. The SMILES string of the molecule is CCC(C)(NC(=O)Nc1ccc2ncsc2c1)C(=O)O. The molecule has 1 unspecified atom stereocenters. The fourth-order valence-corrected chi connectivity index (χ4v) is 2.36. The fourth-order valence-electron chi connectivity index (χ4n) is 1.64.